The lowest BCUT2D eigenvalue weighted by molar-refractivity contribution is 0.0945. The molecule has 11 nitrogen and oxygen atoms in total. The molecule has 2 atom stereocenters. The van der Waals surface area contributed by atoms with Crippen molar-refractivity contribution in [2.75, 3.05) is 32.5 Å². The van der Waals surface area contributed by atoms with Crippen LogP contribution in [0.1, 0.15) is 99.7 Å². The molecular formula is C35H46N8O3. The fourth-order valence-electron chi connectivity index (χ4n) is 5.55. The molecule has 0 bridgehead atoms. The van der Waals surface area contributed by atoms with Gasteiger partial charge in [-0.05, 0) is 62.3 Å². The summed E-state index contributed by atoms with van der Waals surface area (Å²) in [5, 5.41) is 17.7. The van der Waals surface area contributed by atoms with Crippen molar-refractivity contribution in [2.45, 2.75) is 77.4 Å². The van der Waals surface area contributed by atoms with Crippen molar-refractivity contribution >= 4 is 23.3 Å². The van der Waals surface area contributed by atoms with Gasteiger partial charge in [0.05, 0.1) is 12.2 Å². The summed E-state index contributed by atoms with van der Waals surface area (Å²) >= 11 is 0. The highest BCUT2D eigenvalue weighted by Gasteiger charge is 2.30. The van der Waals surface area contributed by atoms with Gasteiger partial charge in [0.1, 0.15) is 23.4 Å². The molecule has 11 heteroatoms. The molecular weight excluding hydrogens is 580 g/mol. The van der Waals surface area contributed by atoms with E-state index < -0.39 is 0 Å². The largest absolute Gasteiger partial charge is 0.484 e. The predicted octanol–water partition coefficient (Wildman–Crippen LogP) is 5.79. The number of hydrogen-bond donors (Lipinski definition) is 3. The molecule has 3 heterocycles. The monoisotopic (exact) mass is 626 g/mol. The van der Waals surface area contributed by atoms with E-state index in [9.17, 15) is 9.59 Å². The van der Waals surface area contributed by atoms with Crippen LogP contribution in [-0.2, 0) is 10.8 Å². The highest BCUT2D eigenvalue weighted by Crippen LogP contribution is 2.39. The Balaban J connectivity index is 1.31. The van der Waals surface area contributed by atoms with E-state index in [4.69, 9.17) is 4.74 Å². The molecule has 3 N–H and O–H groups in total. The lowest BCUT2D eigenvalue weighted by Crippen LogP contribution is -2.36. The molecule has 4 aromatic rings. The number of aromatic nitrogens is 4. The van der Waals surface area contributed by atoms with Crippen LogP contribution < -0.4 is 20.7 Å². The van der Waals surface area contributed by atoms with Crippen molar-refractivity contribution in [1.29, 1.82) is 0 Å². The van der Waals surface area contributed by atoms with Crippen LogP contribution in [0.3, 0.4) is 0 Å². The van der Waals surface area contributed by atoms with Crippen LogP contribution in [0.2, 0.25) is 0 Å². The summed E-state index contributed by atoms with van der Waals surface area (Å²) < 4.78 is 8.53. The molecule has 5 rings (SSSR count). The zero-order valence-corrected chi connectivity index (χ0v) is 28.1. The molecule has 0 saturated carbocycles. The van der Waals surface area contributed by atoms with Gasteiger partial charge in [-0.3, -0.25) is 9.20 Å². The molecule has 244 valence electrons. The third-order valence-electron chi connectivity index (χ3n) is 7.99. The molecule has 0 spiro atoms. The minimum Gasteiger partial charge on any atom is -0.484 e. The van der Waals surface area contributed by atoms with Gasteiger partial charge in [0.2, 0.25) is 0 Å². The summed E-state index contributed by atoms with van der Waals surface area (Å²) in [7, 11) is 3.90. The van der Waals surface area contributed by atoms with Gasteiger partial charge in [0.25, 0.3) is 5.91 Å². The smallest absolute Gasteiger partial charge is 0.319 e. The summed E-state index contributed by atoms with van der Waals surface area (Å²) in [4.78, 5) is 32.9. The number of nitrogens with zero attached hydrogens (tertiary/aromatic N) is 5. The van der Waals surface area contributed by atoms with Crippen LogP contribution in [0.5, 0.6) is 5.75 Å². The number of ether oxygens (including phenoxy) is 1. The number of urea groups is 1. The van der Waals surface area contributed by atoms with E-state index in [2.05, 4.69) is 58.0 Å². The third-order valence-corrected chi connectivity index (χ3v) is 7.99. The van der Waals surface area contributed by atoms with Crippen LogP contribution in [0.15, 0.2) is 54.7 Å². The lowest BCUT2D eigenvalue weighted by Gasteiger charge is -2.32. The zero-order chi connectivity index (χ0) is 33.2. The molecule has 1 aliphatic rings. The summed E-state index contributed by atoms with van der Waals surface area (Å²) in [6.07, 6.45) is 3.19. The number of pyridine rings is 2. The molecule has 0 saturated heterocycles. The van der Waals surface area contributed by atoms with Crippen molar-refractivity contribution in [2.24, 2.45) is 0 Å². The predicted molar refractivity (Wildman–Crippen MR) is 179 cm³/mol. The maximum Gasteiger partial charge on any atom is 0.319 e. The number of likely N-dealkylation sites (N-methyl/N-ethyl adjacent to an activating group) is 1. The third kappa shape index (κ3) is 7.64. The molecule has 0 aliphatic heterocycles. The van der Waals surface area contributed by atoms with Gasteiger partial charge in [-0.2, -0.15) is 0 Å². The van der Waals surface area contributed by atoms with Crippen molar-refractivity contribution < 1.29 is 14.3 Å². The Morgan fingerprint density at radius 3 is 2.39 bits per heavy atom. The second-order valence-electron chi connectivity index (χ2n) is 14.3. The van der Waals surface area contributed by atoms with Crippen molar-refractivity contribution in [1.82, 2.24) is 35.1 Å². The van der Waals surface area contributed by atoms with E-state index in [1.165, 1.54) is 0 Å². The number of carbonyl (C=O) groups excluding carboxylic acids is 2. The van der Waals surface area contributed by atoms with Crippen molar-refractivity contribution in [3.05, 3.63) is 83.1 Å². The Labute approximate surface area is 271 Å². The van der Waals surface area contributed by atoms with Crippen LogP contribution >= 0.6 is 0 Å². The van der Waals surface area contributed by atoms with Crippen LogP contribution in [0.4, 0.5) is 10.5 Å². The average Bonchev–Trinajstić information content (AvgIpc) is 3.42. The fraction of sp³-hybridized carbons (Fsp3) is 0.457. The second kappa shape index (κ2) is 13.1. The van der Waals surface area contributed by atoms with E-state index in [0.29, 0.717) is 30.9 Å². The van der Waals surface area contributed by atoms with Gasteiger partial charge < -0.3 is 25.6 Å². The number of rotatable bonds is 8. The van der Waals surface area contributed by atoms with E-state index in [0.717, 1.165) is 34.8 Å². The molecule has 3 amide bonds. The van der Waals surface area contributed by atoms with E-state index in [1.54, 1.807) is 6.07 Å². The first-order valence-corrected chi connectivity index (χ1v) is 15.8. The maximum atomic E-state index is 13.4. The minimum absolute atomic E-state index is 0.167. The lowest BCUT2D eigenvalue weighted by atomic mass is 9.85. The summed E-state index contributed by atoms with van der Waals surface area (Å²) in [6.45, 7) is 13.6. The summed E-state index contributed by atoms with van der Waals surface area (Å²) in [6, 6.07) is 14.8. The Bertz CT molecular complexity index is 1720. The van der Waals surface area contributed by atoms with Crippen molar-refractivity contribution in [3.63, 3.8) is 0 Å². The van der Waals surface area contributed by atoms with Crippen LogP contribution in [0.25, 0.3) is 5.65 Å². The molecule has 0 fully saturated rings. The van der Waals surface area contributed by atoms with Crippen LogP contribution in [-0.4, -0.2) is 63.6 Å². The quantitative estimate of drug-likeness (QED) is 0.226. The standard InChI is InChI=1S/C35H46N8O3/c1-34(2,3)29-20-22(19-27(38-29)31(44)36-17-18-42(7)8)37-33(45)39-26-14-15-28(25-12-10-9-11-24(25)26)46-23-13-16-30-40-41-32(35(4,5)6)43(30)21-23/h9-13,16,19-21,26,28H,14-15,17-18H2,1-8H3,(H,36,44)(H2,37,38,39,45)/t26-,28+/m0/s1. The Hall–Kier alpha value is -4.51. The van der Waals surface area contributed by atoms with Crippen molar-refractivity contribution in [3.8, 4) is 5.75 Å². The number of benzene rings is 1. The fourth-order valence-corrected chi connectivity index (χ4v) is 5.55. The van der Waals surface area contributed by atoms with E-state index in [-0.39, 0.29) is 40.6 Å². The van der Waals surface area contributed by atoms with Gasteiger partial charge in [-0.25, -0.2) is 9.78 Å². The number of fused-ring (bicyclic) bond motifs is 2. The van der Waals surface area contributed by atoms with Gasteiger partial charge in [0.15, 0.2) is 5.65 Å². The minimum atomic E-state index is -0.350. The molecule has 1 aliphatic carbocycles. The van der Waals surface area contributed by atoms with Crippen LogP contribution in [0, 0.1) is 0 Å². The number of nitrogens with one attached hydrogen (secondary N) is 3. The summed E-state index contributed by atoms with van der Waals surface area (Å²) in [5.74, 6) is 1.32. The highest BCUT2D eigenvalue weighted by molar-refractivity contribution is 5.95. The topological polar surface area (TPSA) is 126 Å². The first-order valence-electron chi connectivity index (χ1n) is 15.8. The molecule has 0 radical (unpaired) electrons. The number of carbonyl (C=O) groups is 2. The highest BCUT2D eigenvalue weighted by atomic mass is 16.5. The van der Waals surface area contributed by atoms with E-state index >= 15 is 0 Å². The number of amides is 3. The van der Waals surface area contributed by atoms with Gasteiger partial charge in [-0.15, -0.1) is 10.2 Å². The Morgan fingerprint density at radius 1 is 0.957 bits per heavy atom. The summed E-state index contributed by atoms with van der Waals surface area (Å²) in [5.41, 5.74) is 3.83. The number of anilines is 1. The first-order chi connectivity index (χ1) is 21.7. The molecule has 46 heavy (non-hydrogen) atoms. The first kappa shape index (κ1) is 32.9. The normalized spacial score (nSPS) is 16.6. The van der Waals surface area contributed by atoms with Gasteiger partial charge in [-0.1, -0.05) is 65.8 Å². The van der Waals surface area contributed by atoms with E-state index in [1.807, 2.05) is 86.8 Å². The molecule has 3 aromatic heterocycles. The maximum absolute atomic E-state index is 13.4. The SMILES string of the molecule is CN(C)CCNC(=O)c1cc(NC(=O)N[C@H]2CC[C@@H](Oc3ccc4nnc(C(C)(C)C)n4c3)c3ccccc32)cc(C(C)(C)C)n1. The number of hydrogen-bond acceptors (Lipinski definition) is 7. The Kier molecular flexibility index (Phi) is 9.34. The average molecular weight is 627 g/mol. The van der Waals surface area contributed by atoms with Gasteiger partial charge >= 0.3 is 6.03 Å². The molecule has 0 unspecified atom stereocenters. The van der Waals surface area contributed by atoms with Gasteiger partial charge in [0, 0.05) is 35.3 Å². The Morgan fingerprint density at radius 2 is 1.70 bits per heavy atom. The zero-order valence-electron chi connectivity index (χ0n) is 28.1. The second-order valence-corrected chi connectivity index (χ2v) is 14.3. The molecule has 1 aromatic carbocycles.